The molecule has 58 heavy (non-hydrogen) atoms. The van der Waals surface area contributed by atoms with E-state index < -0.39 is 96.9 Å². The van der Waals surface area contributed by atoms with Crippen molar-refractivity contribution in [1.29, 1.82) is 0 Å². The lowest BCUT2D eigenvalue weighted by Crippen LogP contribution is -2.67. The molecule has 2 aliphatic heterocycles. The third-order valence-corrected chi connectivity index (χ3v) is 16.6. The van der Waals surface area contributed by atoms with Crippen LogP contribution in [0.5, 0.6) is 0 Å². The van der Waals surface area contributed by atoms with Crippen LogP contribution in [0, 0.1) is 38.9 Å². The molecular formula is C42H62O16. The van der Waals surface area contributed by atoms with Gasteiger partial charge in [0.25, 0.3) is 0 Å². The van der Waals surface area contributed by atoms with Crippen LogP contribution in [-0.2, 0) is 33.3 Å². The molecular weight excluding hydrogens is 760 g/mol. The molecule has 7 aliphatic rings. The molecule has 16 heteroatoms. The second-order valence-electron chi connectivity index (χ2n) is 19.6. The number of carboxylic acids is 2. The minimum absolute atomic E-state index is 0.0367. The highest BCUT2D eigenvalue weighted by atomic mass is 16.8. The van der Waals surface area contributed by atoms with Crippen molar-refractivity contribution >= 4 is 17.7 Å². The van der Waals surface area contributed by atoms with Crippen molar-refractivity contribution in [2.24, 2.45) is 38.9 Å². The molecule has 0 radical (unpaired) electrons. The lowest BCUT2D eigenvalue weighted by molar-refractivity contribution is -0.375. The predicted molar refractivity (Wildman–Crippen MR) is 200 cm³/mol. The second kappa shape index (κ2) is 15.2. The summed E-state index contributed by atoms with van der Waals surface area (Å²) in [4.78, 5) is 37.7. The SMILES string of the molecule is C[C@@]1(C(=O)O)CC(=O)C=C2CC[C@]3(C)C(=C2C1)CC[C@@H]1[C@@]2(C)CC[C@H](O[C@@H]4O[C@H](C(=O)O)[C@@H](O)[C@H](O)[C@H]4O[C@@H]4O[C@H](CO)[C@@H](O)[C@H](O)[C@H]4O)[C@](C)(CO)[C@@H]2CC[C@]13C. The largest absolute Gasteiger partial charge is 0.481 e. The Kier molecular flexibility index (Phi) is 11.5. The molecule has 0 aromatic rings. The van der Waals surface area contributed by atoms with E-state index in [2.05, 4.69) is 20.8 Å². The van der Waals surface area contributed by atoms with E-state index in [1.165, 1.54) is 5.57 Å². The number of carbonyl (C=O) groups excluding carboxylic acids is 1. The van der Waals surface area contributed by atoms with Crippen molar-refractivity contribution in [2.75, 3.05) is 13.2 Å². The summed E-state index contributed by atoms with van der Waals surface area (Å²) in [5.74, 6) is -2.59. The molecule has 326 valence electrons. The number of allylic oxidation sites excluding steroid dienone is 4. The number of hydrogen-bond acceptors (Lipinski definition) is 14. The van der Waals surface area contributed by atoms with Gasteiger partial charge in [-0.1, -0.05) is 33.3 Å². The van der Waals surface area contributed by atoms with Gasteiger partial charge in [-0.05, 0) is 110 Å². The van der Waals surface area contributed by atoms with Crippen LogP contribution in [0.4, 0.5) is 0 Å². The van der Waals surface area contributed by atoms with Crippen LogP contribution in [0.2, 0.25) is 0 Å². The minimum Gasteiger partial charge on any atom is -0.481 e. The van der Waals surface area contributed by atoms with Crippen molar-refractivity contribution in [2.45, 2.75) is 166 Å². The molecule has 0 aromatic carbocycles. The molecule has 5 fully saturated rings. The Morgan fingerprint density at radius 1 is 0.776 bits per heavy atom. The normalized spacial score (nSPS) is 50.7. The van der Waals surface area contributed by atoms with Crippen LogP contribution >= 0.6 is 0 Å². The molecule has 18 atom stereocenters. The summed E-state index contributed by atoms with van der Waals surface area (Å²) in [5.41, 5.74) is 0.397. The number of carboxylic acid groups (broad SMARTS) is 2. The zero-order valence-electron chi connectivity index (χ0n) is 34.0. The van der Waals surface area contributed by atoms with Crippen LogP contribution < -0.4 is 0 Å². The van der Waals surface area contributed by atoms with E-state index in [1.807, 2.05) is 6.92 Å². The fourth-order valence-corrected chi connectivity index (χ4v) is 13.1. The van der Waals surface area contributed by atoms with Gasteiger partial charge in [0.2, 0.25) is 0 Å². The lowest BCUT2D eigenvalue weighted by Gasteiger charge is -2.70. The summed E-state index contributed by atoms with van der Waals surface area (Å²) in [6.07, 6.45) is -10.9. The monoisotopic (exact) mass is 822 g/mol. The van der Waals surface area contributed by atoms with Gasteiger partial charge in [0.15, 0.2) is 24.5 Å². The van der Waals surface area contributed by atoms with Gasteiger partial charge in [-0.25, -0.2) is 4.79 Å². The van der Waals surface area contributed by atoms with Gasteiger partial charge in [-0.15, -0.1) is 0 Å². The Hall–Kier alpha value is -2.35. The molecule has 3 saturated carbocycles. The number of hydrogen-bond donors (Lipinski definition) is 9. The molecule has 5 aliphatic carbocycles. The molecule has 0 aromatic heterocycles. The summed E-state index contributed by atoms with van der Waals surface area (Å²) in [5, 5.41) is 94.7. The maximum atomic E-state index is 13.0. The van der Waals surface area contributed by atoms with E-state index in [4.69, 9.17) is 18.9 Å². The standard InChI is InChI=1S/C42H62O16/c1-38(37(53)54)15-20(45)14-19-8-12-41(4)22(21(19)16-38)6-7-25-39(2)11-10-26(40(3,18-44)24(39)9-13-42(25,41)5)56-36-33(30(49)29(48)32(57-36)34(51)52)58-35-31(50)28(47)27(46)23(17-43)55-35/h14,23-33,35-36,43-44,46-50H,6-13,15-18H2,1-5H3,(H,51,52)(H,53,54)/t23-,24-,25-,26+,27-,28+,29+,30+,31-,32+,33-,35+,36-,38-,39+,40-,41-,42-/m1/s1. The Morgan fingerprint density at radius 2 is 1.48 bits per heavy atom. The maximum Gasteiger partial charge on any atom is 0.335 e. The minimum atomic E-state index is -2.00. The number of ether oxygens (including phenoxy) is 4. The van der Waals surface area contributed by atoms with Gasteiger partial charge >= 0.3 is 11.9 Å². The summed E-state index contributed by atoms with van der Waals surface area (Å²) >= 11 is 0. The molecule has 2 saturated heterocycles. The van der Waals surface area contributed by atoms with Gasteiger partial charge < -0.3 is 64.9 Å². The first-order valence-electron chi connectivity index (χ1n) is 20.8. The topological polar surface area (TPSA) is 270 Å². The molecule has 0 spiro atoms. The number of aliphatic hydroxyl groups is 7. The second-order valence-corrected chi connectivity index (χ2v) is 19.6. The fraction of sp³-hybridized carbons (Fsp3) is 0.833. The fourth-order valence-electron chi connectivity index (χ4n) is 13.1. The lowest BCUT2D eigenvalue weighted by atomic mass is 9.35. The number of aliphatic hydroxyl groups excluding tert-OH is 7. The van der Waals surface area contributed by atoms with E-state index >= 15 is 0 Å². The zero-order valence-corrected chi connectivity index (χ0v) is 34.0. The molecule has 0 unspecified atom stereocenters. The highest BCUT2D eigenvalue weighted by Crippen LogP contribution is 2.74. The summed E-state index contributed by atoms with van der Waals surface area (Å²) in [6, 6.07) is 0. The van der Waals surface area contributed by atoms with Crippen molar-refractivity contribution in [3.05, 3.63) is 22.8 Å². The van der Waals surface area contributed by atoms with Crippen molar-refractivity contribution in [1.82, 2.24) is 0 Å². The quantitative estimate of drug-likeness (QED) is 0.156. The third kappa shape index (κ3) is 6.55. The van der Waals surface area contributed by atoms with Crippen LogP contribution in [0.15, 0.2) is 22.8 Å². The number of carbonyl (C=O) groups is 3. The Labute approximate surface area is 337 Å². The van der Waals surface area contributed by atoms with E-state index in [0.29, 0.717) is 32.1 Å². The van der Waals surface area contributed by atoms with E-state index in [0.717, 1.165) is 36.8 Å². The molecule has 0 bridgehead atoms. The van der Waals surface area contributed by atoms with Gasteiger partial charge in [-0.2, -0.15) is 0 Å². The number of aliphatic carboxylic acids is 2. The molecule has 9 N–H and O–H groups in total. The van der Waals surface area contributed by atoms with Crippen molar-refractivity contribution in [3.63, 3.8) is 0 Å². The predicted octanol–water partition coefficient (Wildman–Crippen LogP) is 1.19. The van der Waals surface area contributed by atoms with Gasteiger partial charge in [0.1, 0.15) is 42.7 Å². The van der Waals surface area contributed by atoms with Crippen LogP contribution in [0.3, 0.4) is 0 Å². The first kappa shape index (κ1) is 43.7. The summed E-state index contributed by atoms with van der Waals surface area (Å²) in [7, 11) is 0. The van der Waals surface area contributed by atoms with Gasteiger partial charge in [0, 0.05) is 11.8 Å². The molecule has 16 nitrogen and oxygen atoms in total. The van der Waals surface area contributed by atoms with Crippen molar-refractivity contribution < 1.29 is 79.3 Å². The van der Waals surface area contributed by atoms with E-state index in [1.54, 1.807) is 13.0 Å². The number of rotatable bonds is 8. The van der Waals surface area contributed by atoms with Gasteiger partial charge in [0.05, 0.1) is 24.7 Å². The third-order valence-electron chi connectivity index (χ3n) is 16.6. The average molecular weight is 823 g/mol. The van der Waals surface area contributed by atoms with E-state index in [9.17, 15) is 60.3 Å². The highest BCUT2D eigenvalue weighted by molar-refractivity contribution is 5.96. The molecule has 7 rings (SSSR count). The highest BCUT2D eigenvalue weighted by Gasteiger charge is 2.68. The zero-order chi connectivity index (χ0) is 42.5. The van der Waals surface area contributed by atoms with Crippen LogP contribution in [0.25, 0.3) is 0 Å². The molecule has 2 heterocycles. The summed E-state index contributed by atoms with van der Waals surface area (Å²) < 4.78 is 23.7. The average Bonchev–Trinajstić information content (AvgIpc) is 3.30. The van der Waals surface area contributed by atoms with E-state index in [-0.39, 0.29) is 46.9 Å². The Morgan fingerprint density at radius 3 is 2.12 bits per heavy atom. The van der Waals surface area contributed by atoms with Crippen LogP contribution in [0.1, 0.15) is 98.8 Å². The maximum absolute atomic E-state index is 13.0. The van der Waals surface area contributed by atoms with Gasteiger partial charge in [-0.3, -0.25) is 9.59 Å². The summed E-state index contributed by atoms with van der Waals surface area (Å²) in [6.45, 7) is 9.52. The van der Waals surface area contributed by atoms with Crippen molar-refractivity contribution in [3.8, 4) is 0 Å². The first-order chi connectivity index (χ1) is 27.1. The number of ketones is 1. The Balaban J connectivity index is 1.18. The van der Waals surface area contributed by atoms with Crippen LogP contribution in [-0.4, -0.2) is 144 Å². The number of fused-ring (bicyclic) bond motifs is 6. The smallest absolute Gasteiger partial charge is 0.335 e. The Bertz CT molecular complexity index is 1710. The molecule has 0 amide bonds. The first-order valence-corrected chi connectivity index (χ1v) is 20.8.